The summed E-state index contributed by atoms with van der Waals surface area (Å²) in [5.74, 6) is 0.105. The van der Waals surface area contributed by atoms with Crippen LogP contribution in [0.2, 0.25) is 0 Å². The van der Waals surface area contributed by atoms with Gasteiger partial charge in [-0.25, -0.2) is 13.6 Å². The average molecular weight is 363 g/mol. The summed E-state index contributed by atoms with van der Waals surface area (Å²) in [6, 6.07) is 4.14. The number of rotatable bonds is 6. The molecule has 0 fully saturated rings. The highest BCUT2D eigenvalue weighted by atomic mass is 79.9. The Bertz CT molecular complexity index is 583. The van der Waals surface area contributed by atoms with Crippen molar-refractivity contribution in [1.82, 2.24) is 5.32 Å². The molecule has 0 aliphatic heterocycles. The Kier molecular flexibility index (Phi) is 6.16. The number of carbonyl (C=O) groups excluding carboxylic acids is 1. The van der Waals surface area contributed by atoms with Crippen LogP contribution in [0.5, 0.6) is 0 Å². The number of carbonyl (C=O) groups is 1. The van der Waals surface area contributed by atoms with Crippen molar-refractivity contribution in [2.45, 2.75) is 31.6 Å². The highest BCUT2D eigenvalue weighted by molar-refractivity contribution is 9.10. The van der Waals surface area contributed by atoms with Gasteiger partial charge in [0.2, 0.25) is 10.0 Å². The number of amides is 1. The van der Waals surface area contributed by atoms with Crippen molar-refractivity contribution in [2.24, 2.45) is 11.1 Å². The Hall–Kier alpha value is -0.920. The predicted molar refractivity (Wildman–Crippen MR) is 81.9 cm³/mol. The number of hydrogen-bond acceptors (Lipinski definition) is 3. The van der Waals surface area contributed by atoms with Crippen molar-refractivity contribution in [3.05, 3.63) is 28.2 Å². The highest BCUT2D eigenvalue weighted by Crippen LogP contribution is 2.20. The van der Waals surface area contributed by atoms with Gasteiger partial charge in [-0.05, 0) is 40.0 Å². The van der Waals surface area contributed by atoms with Crippen LogP contribution in [0.15, 0.2) is 27.6 Å². The first-order valence-corrected chi connectivity index (χ1v) is 8.74. The van der Waals surface area contributed by atoms with Gasteiger partial charge >= 0.3 is 0 Å². The molecule has 0 aromatic heterocycles. The molecule has 1 amide bonds. The molecule has 0 saturated heterocycles. The van der Waals surface area contributed by atoms with Gasteiger partial charge in [0.05, 0.1) is 10.5 Å². The van der Waals surface area contributed by atoms with Crippen molar-refractivity contribution in [3.63, 3.8) is 0 Å². The van der Waals surface area contributed by atoms with Gasteiger partial charge in [-0.15, -0.1) is 0 Å². The molecule has 1 aromatic rings. The normalized spacial score (nSPS) is 11.7. The first-order valence-electron chi connectivity index (χ1n) is 6.40. The largest absolute Gasteiger partial charge is 0.352 e. The van der Waals surface area contributed by atoms with Crippen molar-refractivity contribution in [3.8, 4) is 0 Å². The lowest BCUT2D eigenvalue weighted by molar-refractivity contribution is 0.0945. The zero-order valence-electron chi connectivity index (χ0n) is 11.5. The molecule has 0 radical (unpaired) electrons. The second kappa shape index (κ2) is 7.19. The summed E-state index contributed by atoms with van der Waals surface area (Å²) < 4.78 is 23.2. The molecule has 0 atom stereocenters. The number of hydrogen-bond donors (Lipinski definition) is 2. The van der Waals surface area contributed by atoms with Gasteiger partial charge in [0.25, 0.3) is 5.91 Å². The number of nitrogens with two attached hydrogens (primary N) is 1. The average Bonchev–Trinajstić information content (AvgIpc) is 2.38. The van der Waals surface area contributed by atoms with E-state index in [1.165, 1.54) is 18.2 Å². The zero-order chi connectivity index (χ0) is 15.3. The summed E-state index contributed by atoms with van der Waals surface area (Å²) >= 11 is 3.24. The number of primary sulfonamides is 1. The van der Waals surface area contributed by atoms with Gasteiger partial charge in [0.1, 0.15) is 0 Å². The topological polar surface area (TPSA) is 89.3 Å². The van der Waals surface area contributed by atoms with E-state index < -0.39 is 10.0 Å². The van der Waals surface area contributed by atoms with E-state index in [0.717, 1.165) is 12.8 Å². The fourth-order valence-electron chi connectivity index (χ4n) is 1.76. The number of sulfonamides is 1. The molecule has 112 valence electrons. The van der Waals surface area contributed by atoms with E-state index in [1.807, 2.05) is 0 Å². The standard InChI is InChI=1S/C13H19BrN2O3S/c1-3-9(4-2)8-16-13(17)11-7-10(20(15,18)19)5-6-12(11)14/h5-7,9H,3-4,8H2,1-2H3,(H,16,17)(H2,15,18,19). The first-order chi connectivity index (χ1) is 9.29. The lowest BCUT2D eigenvalue weighted by Gasteiger charge is -2.14. The third-order valence-corrected chi connectivity index (χ3v) is 4.82. The second-order valence-electron chi connectivity index (χ2n) is 4.58. The molecule has 20 heavy (non-hydrogen) atoms. The Morgan fingerprint density at radius 2 is 1.95 bits per heavy atom. The molecule has 0 spiro atoms. The summed E-state index contributed by atoms with van der Waals surface area (Å²) in [7, 11) is -3.82. The highest BCUT2D eigenvalue weighted by Gasteiger charge is 2.16. The summed E-state index contributed by atoms with van der Waals surface area (Å²) in [5, 5.41) is 7.88. The summed E-state index contributed by atoms with van der Waals surface area (Å²) in [5.41, 5.74) is 0.266. The smallest absolute Gasteiger partial charge is 0.252 e. The summed E-state index contributed by atoms with van der Waals surface area (Å²) in [6.45, 7) is 4.70. The fraction of sp³-hybridized carbons (Fsp3) is 0.462. The molecule has 0 bridgehead atoms. The second-order valence-corrected chi connectivity index (χ2v) is 6.99. The molecule has 1 rings (SSSR count). The van der Waals surface area contributed by atoms with Gasteiger partial charge in [0, 0.05) is 11.0 Å². The van der Waals surface area contributed by atoms with Gasteiger partial charge in [-0.2, -0.15) is 0 Å². The van der Waals surface area contributed by atoms with E-state index >= 15 is 0 Å². The van der Waals surface area contributed by atoms with E-state index in [2.05, 4.69) is 35.1 Å². The van der Waals surface area contributed by atoms with Crippen molar-refractivity contribution in [1.29, 1.82) is 0 Å². The SMILES string of the molecule is CCC(CC)CNC(=O)c1cc(S(N)(=O)=O)ccc1Br. The van der Waals surface area contributed by atoms with Crippen molar-refractivity contribution in [2.75, 3.05) is 6.54 Å². The van der Waals surface area contributed by atoms with E-state index in [-0.39, 0.29) is 16.4 Å². The van der Waals surface area contributed by atoms with Crippen molar-refractivity contribution >= 4 is 31.9 Å². The third kappa shape index (κ3) is 4.57. The van der Waals surface area contributed by atoms with E-state index in [4.69, 9.17) is 5.14 Å². The van der Waals surface area contributed by atoms with E-state index in [0.29, 0.717) is 16.9 Å². The molecule has 0 heterocycles. The molecule has 0 aliphatic rings. The molecule has 0 unspecified atom stereocenters. The third-order valence-electron chi connectivity index (χ3n) is 3.22. The van der Waals surface area contributed by atoms with Gasteiger partial charge < -0.3 is 5.32 Å². The van der Waals surface area contributed by atoms with E-state index in [1.54, 1.807) is 0 Å². The molecule has 0 aliphatic carbocycles. The van der Waals surface area contributed by atoms with Gasteiger partial charge in [-0.3, -0.25) is 4.79 Å². The lowest BCUT2D eigenvalue weighted by Crippen LogP contribution is -2.29. The molecule has 3 N–H and O–H groups in total. The molecule has 5 nitrogen and oxygen atoms in total. The number of benzene rings is 1. The van der Waals surface area contributed by atoms with Crippen LogP contribution in [0.1, 0.15) is 37.0 Å². The Morgan fingerprint density at radius 3 is 2.45 bits per heavy atom. The summed E-state index contributed by atoms with van der Waals surface area (Å²) in [4.78, 5) is 12.0. The van der Waals surface area contributed by atoms with Crippen LogP contribution in [0.3, 0.4) is 0 Å². The Morgan fingerprint density at radius 1 is 1.35 bits per heavy atom. The minimum absolute atomic E-state index is 0.0756. The van der Waals surface area contributed by atoms with E-state index in [9.17, 15) is 13.2 Å². The fourth-order valence-corrected chi connectivity index (χ4v) is 2.73. The maximum atomic E-state index is 12.1. The molecular weight excluding hydrogens is 344 g/mol. The molecule has 7 heteroatoms. The maximum Gasteiger partial charge on any atom is 0.252 e. The minimum atomic E-state index is -3.82. The Balaban J connectivity index is 2.93. The molecule has 0 saturated carbocycles. The zero-order valence-corrected chi connectivity index (χ0v) is 13.9. The van der Waals surface area contributed by atoms with Crippen LogP contribution in [0, 0.1) is 5.92 Å². The van der Waals surface area contributed by atoms with Gasteiger partial charge in [-0.1, -0.05) is 26.7 Å². The van der Waals surface area contributed by atoms with Crippen LogP contribution in [-0.4, -0.2) is 20.9 Å². The quantitative estimate of drug-likeness (QED) is 0.813. The predicted octanol–water partition coefficient (Wildman–Crippen LogP) is 2.26. The van der Waals surface area contributed by atoms with Crippen molar-refractivity contribution < 1.29 is 13.2 Å². The molecular formula is C13H19BrN2O3S. The number of nitrogens with one attached hydrogen (secondary N) is 1. The van der Waals surface area contributed by atoms with Crippen LogP contribution in [0.4, 0.5) is 0 Å². The van der Waals surface area contributed by atoms with Crippen LogP contribution >= 0.6 is 15.9 Å². The molecule has 1 aromatic carbocycles. The van der Waals surface area contributed by atoms with Crippen LogP contribution in [0.25, 0.3) is 0 Å². The first kappa shape index (κ1) is 17.1. The lowest BCUT2D eigenvalue weighted by atomic mass is 10.0. The number of halogens is 1. The monoisotopic (exact) mass is 362 g/mol. The van der Waals surface area contributed by atoms with Crippen LogP contribution < -0.4 is 10.5 Å². The van der Waals surface area contributed by atoms with Gasteiger partial charge in [0.15, 0.2) is 0 Å². The summed E-state index contributed by atoms with van der Waals surface area (Å²) in [6.07, 6.45) is 1.96. The maximum absolute atomic E-state index is 12.1. The minimum Gasteiger partial charge on any atom is -0.352 e. The Labute approximate surface area is 128 Å². The van der Waals surface area contributed by atoms with Crippen LogP contribution in [-0.2, 0) is 10.0 Å².